The quantitative estimate of drug-likeness (QED) is 0.780. The van der Waals surface area contributed by atoms with E-state index in [9.17, 15) is 10.5 Å². The van der Waals surface area contributed by atoms with Gasteiger partial charge in [0.2, 0.25) is 0 Å². The summed E-state index contributed by atoms with van der Waals surface area (Å²) in [5, 5.41) is 20.0. The number of nitrogens with zero attached hydrogens (tertiary/aromatic N) is 3. The van der Waals surface area contributed by atoms with Crippen LogP contribution in [-0.4, -0.2) is 25.0 Å². The number of hydrogen-bond donors (Lipinski definition) is 1. The van der Waals surface area contributed by atoms with Crippen molar-refractivity contribution in [2.75, 3.05) is 13.2 Å². The smallest absolute Gasteiger partial charge is 0.293 e. The van der Waals surface area contributed by atoms with Crippen LogP contribution in [0.3, 0.4) is 0 Å². The van der Waals surface area contributed by atoms with Crippen molar-refractivity contribution >= 4 is 21.8 Å². The summed E-state index contributed by atoms with van der Waals surface area (Å²) in [6.07, 6.45) is 0. The van der Waals surface area contributed by atoms with E-state index in [0.29, 0.717) is 0 Å². The highest BCUT2D eigenvalue weighted by atomic mass is 79.9. The molecule has 7 heteroatoms. The number of benzene rings is 1. The van der Waals surface area contributed by atoms with E-state index >= 15 is 0 Å². The molecule has 0 bridgehead atoms. The largest absolute Gasteiger partial charge is 0.386 e. The Morgan fingerprint density at radius 1 is 1.21 bits per heavy atom. The van der Waals surface area contributed by atoms with Gasteiger partial charge in [0, 0.05) is 23.6 Å². The molecular weight excluding hydrogens is 372 g/mol. The van der Waals surface area contributed by atoms with Gasteiger partial charge in [-0.15, -0.1) is 0 Å². The zero-order chi connectivity index (χ0) is 17.6. The SMILES string of the molecule is CCOC1(OCC)N=C(N)[C@]2(C#N)[C@@H](c3ccccc3Br)[C@@]12C#N. The highest BCUT2D eigenvalue weighted by molar-refractivity contribution is 9.10. The number of rotatable bonds is 5. The van der Waals surface area contributed by atoms with Crippen LogP contribution in [0.5, 0.6) is 0 Å². The summed E-state index contributed by atoms with van der Waals surface area (Å²) in [5.41, 5.74) is 4.40. The number of ether oxygens (including phenoxy) is 2. The molecule has 0 aromatic heterocycles. The maximum atomic E-state index is 10.1. The average molecular weight is 389 g/mol. The first kappa shape index (κ1) is 16.9. The Morgan fingerprint density at radius 3 is 2.33 bits per heavy atom. The second-order valence-corrected chi connectivity index (χ2v) is 6.59. The van der Waals surface area contributed by atoms with E-state index in [1.54, 1.807) is 13.8 Å². The van der Waals surface area contributed by atoms with E-state index in [-0.39, 0.29) is 19.0 Å². The van der Waals surface area contributed by atoms with Crippen LogP contribution >= 0.6 is 15.9 Å². The summed E-state index contributed by atoms with van der Waals surface area (Å²) in [7, 11) is 0. The van der Waals surface area contributed by atoms with Gasteiger partial charge in [-0.25, -0.2) is 4.99 Å². The van der Waals surface area contributed by atoms with Crippen molar-refractivity contribution in [3.8, 4) is 12.1 Å². The summed E-state index contributed by atoms with van der Waals surface area (Å²) in [6.45, 7) is 4.15. The van der Waals surface area contributed by atoms with Gasteiger partial charge in [-0.1, -0.05) is 34.1 Å². The van der Waals surface area contributed by atoms with E-state index in [2.05, 4.69) is 33.1 Å². The molecule has 2 aliphatic rings. The average Bonchev–Trinajstić information content (AvgIpc) is 3.14. The molecule has 124 valence electrons. The lowest BCUT2D eigenvalue weighted by Crippen LogP contribution is -2.43. The van der Waals surface area contributed by atoms with Crippen molar-refractivity contribution in [1.29, 1.82) is 10.5 Å². The molecule has 0 spiro atoms. The molecule has 0 amide bonds. The lowest BCUT2D eigenvalue weighted by Gasteiger charge is -2.31. The Bertz CT molecular complexity index is 791. The monoisotopic (exact) mass is 388 g/mol. The molecule has 1 saturated carbocycles. The van der Waals surface area contributed by atoms with Gasteiger partial charge in [0.25, 0.3) is 5.91 Å². The fourth-order valence-corrected chi connectivity index (χ4v) is 4.44. The predicted octanol–water partition coefficient (Wildman–Crippen LogP) is 2.66. The lowest BCUT2D eigenvalue weighted by molar-refractivity contribution is -0.255. The van der Waals surface area contributed by atoms with Crippen molar-refractivity contribution in [3.63, 3.8) is 0 Å². The topological polar surface area (TPSA) is 104 Å². The molecular formula is C17H17BrN4O2. The van der Waals surface area contributed by atoms with Gasteiger partial charge in [-0.2, -0.15) is 10.5 Å². The maximum Gasteiger partial charge on any atom is 0.293 e. The second kappa shape index (κ2) is 5.56. The van der Waals surface area contributed by atoms with Gasteiger partial charge in [-0.3, -0.25) is 0 Å². The Morgan fingerprint density at radius 2 is 1.83 bits per heavy atom. The van der Waals surface area contributed by atoms with Crippen LogP contribution in [-0.2, 0) is 9.47 Å². The van der Waals surface area contributed by atoms with Crippen LogP contribution in [0.25, 0.3) is 0 Å². The predicted molar refractivity (Wildman–Crippen MR) is 90.6 cm³/mol. The first-order valence-electron chi connectivity index (χ1n) is 7.72. The van der Waals surface area contributed by atoms with E-state index in [1.165, 1.54) is 0 Å². The van der Waals surface area contributed by atoms with Gasteiger partial charge < -0.3 is 15.2 Å². The third kappa shape index (κ3) is 1.67. The molecule has 1 aromatic carbocycles. The van der Waals surface area contributed by atoms with E-state index < -0.39 is 22.7 Å². The number of nitrogens with two attached hydrogens (primary N) is 1. The summed E-state index contributed by atoms with van der Waals surface area (Å²) >= 11 is 3.51. The number of halogens is 1. The first-order chi connectivity index (χ1) is 11.5. The van der Waals surface area contributed by atoms with E-state index in [1.807, 2.05) is 24.3 Å². The van der Waals surface area contributed by atoms with Crippen molar-refractivity contribution in [2.45, 2.75) is 25.7 Å². The van der Waals surface area contributed by atoms with Crippen LogP contribution < -0.4 is 5.73 Å². The van der Waals surface area contributed by atoms with Crippen LogP contribution in [0, 0.1) is 33.5 Å². The molecule has 1 fully saturated rings. The van der Waals surface area contributed by atoms with Gasteiger partial charge in [-0.05, 0) is 25.5 Å². The number of amidine groups is 1. The Labute approximate surface area is 149 Å². The molecule has 1 aromatic rings. The van der Waals surface area contributed by atoms with Gasteiger partial charge >= 0.3 is 0 Å². The van der Waals surface area contributed by atoms with Crippen LogP contribution in [0.1, 0.15) is 25.3 Å². The number of aliphatic imine (C=N–C) groups is 1. The molecule has 1 aliphatic carbocycles. The molecule has 3 atom stereocenters. The Hall–Kier alpha value is -1.93. The zero-order valence-corrected chi connectivity index (χ0v) is 15.0. The molecule has 6 nitrogen and oxygen atoms in total. The molecule has 2 N–H and O–H groups in total. The normalized spacial score (nSPS) is 32.4. The van der Waals surface area contributed by atoms with Gasteiger partial charge in [0.1, 0.15) is 11.3 Å². The van der Waals surface area contributed by atoms with E-state index in [4.69, 9.17) is 15.2 Å². The summed E-state index contributed by atoms with van der Waals surface area (Å²) < 4.78 is 12.4. The highest BCUT2D eigenvalue weighted by Crippen LogP contribution is 2.82. The van der Waals surface area contributed by atoms with Crippen LogP contribution in [0.2, 0.25) is 0 Å². The molecule has 0 saturated heterocycles. The highest BCUT2D eigenvalue weighted by Gasteiger charge is 2.93. The third-order valence-electron chi connectivity index (χ3n) is 4.82. The molecule has 1 heterocycles. The first-order valence-corrected chi connectivity index (χ1v) is 8.51. The molecule has 1 aliphatic heterocycles. The van der Waals surface area contributed by atoms with Gasteiger partial charge in [0.15, 0.2) is 5.41 Å². The third-order valence-corrected chi connectivity index (χ3v) is 5.55. The molecule has 3 rings (SSSR count). The molecule has 0 unspecified atom stereocenters. The van der Waals surface area contributed by atoms with E-state index in [0.717, 1.165) is 10.0 Å². The molecule has 0 radical (unpaired) electrons. The minimum absolute atomic E-state index is 0.0919. The Balaban J connectivity index is 2.25. The van der Waals surface area contributed by atoms with Crippen molar-refractivity contribution < 1.29 is 9.47 Å². The zero-order valence-electron chi connectivity index (χ0n) is 13.4. The van der Waals surface area contributed by atoms with Crippen molar-refractivity contribution in [1.82, 2.24) is 0 Å². The summed E-state index contributed by atoms with van der Waals surface area (Å²) in [5.74, 6) is -1.95. The number of nitriles is 2. The van der Waals surface area contributed by atoms with Crippen LogP contribution in [0.4, 0.5) is 0 Å². The lowest BCUT2D eigenvalue weighted by atomic mass is 9.93. The summed E-state index contributed by atoms with van der Waals surface area (Å²) in [4.78, 5) is 4.31. The minimum Gasteiger partial charge on any atom is -0.386 e. The standard InChI is InChI=1S/C17H17BrN4O2/c1-3-23-17(24-4-2)16(10-20)13(11-7-5-6-8-12(11)18)15(16,9-19)14(21)22-17/h5-8,13H,3-4H2,1-2H3,(H2,21,22)/t13-,15+,16-/m1/s1. The van der Waals surface area contributed by atoms with Crippen molar-refractivity contribution in [3.05, 3.63) is 34.3 Å². The molecule has 24 heavy (non-hydrogen) atoms. The van der Waals surface area contributed by atoms with Crippen molar-refractivity contribution in [2.24, 2.45) is 21.6 Å². The second-order valence-electron chi connectivity index (χ2n) is 5.74. The fraction of sp³-hybridized carbons (Fsp3) is 0.471. The summed E-state index contributed by atoms with van der Waals surface area (Å²) in [6, 6.07) is 12.0. The number of hydrogen-bond acceptors (Lipinski definition) is 6. The van der Waals surface area contributed by atoms with Crippen LogP contribution in [0.15, 0.2) is 33.7 Å². The maximum absolute atomic E-state index is 10.1. The fourth-order valence-electron chi connectivity index (χ4n) is 3.93. The Kier molecular flexibility index (Phi) is 3.92. The van der Waals surface area contributed by atoms with Gasteiger partial charge in [0.05, 0.1) is 12.1 Å². The number of fused-ring (bicyclic) bond motifs is 1. The minimum atomic E-state index is -1.56.